The summed E-state index contributed by atoms with van der Waals surface area (Å²) in [5.41, 5.74) is 0. The summed E-state index contributed by atoms with van der Waals surface area (Å²) in [4.78, 5) is 0. The van der Waals surface area contributed by atoms with Crippen molar-refractivity contribution in [2.24, 2.45) is 0 Å². The zero-order valence-electron chi connectivity index (χ0n) is 8.83. The Morgan fingerprint density at radius 2 is 1.60 bits per heavy atom. The topological polar surface area (TPSA) is 59.3 Å². The molecule has 0 aromatic carbocycles. The van der Waals surface area contributed by atoms with Crippen LogP contribution < -0.4 is 0 Å². The Hall–Kier alpha value is 1.51. The first-order valence-corrected chi connectivity index (χ1v) is 14.6. The van der Waals surface area contributed by atoms with Gasteiger partial charge in [-0.15, -0.1) is 0 Å². The van der Waals surface area contributed by atoms with Crippen molar-refractivity contribution in [3.63, 3.8) is 0 Å². The number of hydrogen-bond donors (Lipinski definition) is 0. The van der Waals surface area contributed by atoms with Crippen molar-refractivity contribution in [1.82, 2.24) is 0 Å². The van der Waals surface area contributed by atoms with E-state index in [1.807, 2.05) is 0 Å². The molecule has 0 N–H and O–H groups in total. The Balaban J connectivity index is -0.000000107. The van der Waals surface area contributed by atoms with Gasteiger partial charge >= 0.3 is 59.2 Å². The van der Waals surface area contributed by atoms with Gasteiger partial charge < -0.3 is 27.8 Å². The molecule has 8 heteroatoms. The van der Waals surface area contributed by atoms with E-state index in [2.05, 4.69) is 26.7 Å². The fourth-order valence-electron chi connectivity index (χ4n) is 0.560. The van der Waals surface area contributed by atoms with Crippen LogP contribution in [0, 0.1) is 18.8 Å². The second-order valence-electron chi connectivity index (χ2n) is 1.67. The summed E-state index contributed by atoms with van der Waals surface area (Å²) in [5, 5.41) is 6.25. The van der Waals surface area contributed by atoms with E-state index in [0.29, 0.717) is 13.2 Å². The van der Waals surface area contributed by atoms with E-state index >= 15 is 0 Å². The first kappa shape index (κ1) is 25.4. The van der Waals surface area contributed by atoms with E-state index in [9.17, 15) is 4.57 Å². The average molecular weight is 447 g/mol. The van der Waals surface area contributed by atoms with Crippen molar-refractivity contribution < 1.29 is 45.5 Å². The zero-order chi connectivity index (χ0) is 12.0. The number of nitrogens with zero attached hydrogens (tertiary/aromatic N) is 1. The van der Waals surface area contributed by atoms with Gasteiger partial charge in [0.15, 0.2) is 0 Å². The van der Waals surface area contributed by atoms with Crippen LogP contribution in [-0.4, -0.2) is 19.4 Å². The molecule has 0 spiro atoms. The van der Waals surface area contributed by atoms with Crippen molar-refractivity contribution in [3.05, 3.63) is 13.5 Å². The Labute approximate surface area is 124 Å². The van der Waals surface area contributed by atoms with E-state index in [4.69, 9.17) is 20.9 Å². The van der Waals surface area contributed by atoms with E-state index in [-0.39, 0.29) is 23.2 Å². The fourth-order valence-corrected chi connectivity index (χ4v) is 1.68. The van der Waals surface area contributed by atoms with Crippen molar-refractivity contribution in [2.45, 2.75) is 13.8 Å². The SMILES string of the molecule is [C-]#N.[CH2-]CP(=O)(OCC)OCC.[Cu+].[Zn+][I]. The molecule has 0 bridgehead atoms. The third-order valence-corrected chi connectivity index (χ3v) is 2.78. The van der Waals surface area contributed by atoms with Crippen molar-refractivity contribution in [2.75, 3.05) is 19.4 Å². The van der Waals surface area contributed by atoms with Crippen LogP contribution in [0.5, 0.6) is 0 Å². The molecule has 0 saturated carbocycles. The predicted molar refractivity (Wildman–Crippen MR) is 60.1 cm³/mol. The van der Waals surface area contributed by atoms with E-state index in [1.54, 1.807) is 13.8 Å². The van der Waals surface area contributed by atoms with Crippen LogP contribution >= 0.6 is 27.3 Å². The zero-order valence-corrected chi connectivity index (χ0v) is 15.8. The molecule has 15 heavy (non-hydrogen) atoms. The van der Waals surface area contributed by atoms with Gasteiger partial charge in [0.1, 0.15) is 0 Å². The summed E-state index contributed by atoms with van der Waals surface area (Å²) in [6.07, 6.45) is 0.203. The summed E-state index contributed by atoms with van der Waals surface area (Å²) in [6, 6.07) is 0. The summed E-state index contributed by atoms with van der Waals surface area (Å²) in [6.45, 7) is 12.6. The minimum atomic E-state index is -2.81. The van der Waals surface area contributed by atoms with E-state index < -0.39 is 7.60 Å². The van der Waals surface area contributed by atoms with Gasteiger partial charge in [-0.05, 0) is 13.8 Å². The molecule has 90 valence electrons. The molecule has 0 aromatic heterocycles. The summed E-state index contributed by atoms with van der Waals surface area (Å²) in [5.74, 6) is 0. The summed E-state index contributed by atoms with van der Waals surface area (Å²) in [7, 11) is -2.81. The number of halogens is 1. The van der Waals surface area contributed by atoms with Gasteiger partial charge in [0.05, 0.1) is 13.2 Å². The van der Waals surface area contributed by atoms with Crippen molar-refractivity contribution in [3.8, 4) is 0 Å². The van der Waals surface area contributed by atoms with Gasteiger partial charge in [-0.2, -0.15) is 0 Å². The Kier molecular flexibility index (Phi) is 35.3. The predicted octanol–water partition coefficient (Wildman–Crippen LogP) is 3.06. The molecule has 0 unspecified atom stereocenters. The molecule has 0 atom stereocenters. The van der Waals surface area contributed by atoms with Crippen LogP contribution in [0.15, 0.2) is 0 Å². The normalized spacial score (nSPS) is 8.53. The first-order valence-electron chi connectivity index (χ1n) is 3.85. The molecule has 0 amide bonds. The van der Waals surface area contributed by atoms with Crippen LogP contribution in [0.2, 0.25) is 0 Å². The third kappa shape index (κ3) is 18.1. The van der Waals surface area contributed by atoms with Gasteiger partial charge in [0.25, 0.3) is 0 Å². The van der Waals surface area contributed by atoms with Crippen LogP contribution in [0.1, 0.15) is 13.8 Å². The number of rotatable bonds is 5. The standard InChI is InChI=1S/C6H14O3P.CN.Cu.HI.Zn/c1-4-8-10(7,6-3)9-5-2;1-2;;;/h3-6H2,1-2H3;;;1H;/q2*-1;+1;;+2/p-1. The molecule has 4 nitrogen and oxygen atoms in total. The van der Waals surface area contributed by atoms with Crippen LogP contribution in [-0.2, 0) is 45.5 Å². The minimum absolute atomic E-state index is 0. The Morgan fingerprint density at radius 1 is 1.33 bits per heavy atom. The maximum atomic E-state index is 11.3. The molecule has 0 aromatic rings. The second-order valence-corrected chi connectivity index (χ2v) is 3.86. The molecule has 0 aliphatic heterocycles. The van der Waals surface area contributed by atoms with Crippen LogP contribution in [0.4, 0.5) is 0 Å². The van der Waals surface area contributed by atoms with Crippen LogP contribution in [0.25, 0.3) is 0 Å². The van der Waals surface area contributed by atoms with E-state index in [0.717, 1.165) is 0 Å². The maximum absolute atomic E-state index is 11.3. The fraction of sp³-hybridized carbons (Fsp3) is 0.714. The van der Waals surface area contributed by atoms with Crippen LogP contribution in [0.3, 0.4) is 0 Å². The molecule has 0 saturated heterocycles. The molecular formula is C7H14CuINO3PZn. The molecule has 0 aliphatic rings. The van der Waals surface area contributed by atoms with Crippen molar-refractivity contribution in [1.29, 1.82) is 5.26 Å². The first-order chi connectivity index (χ1) is 6.68. The quantitative estimate of drug-likeness (QED) is 0.282. The van der Waals surface area contributed by atoms with Gasteiger partial charge in [-0.25, -0.2) is 0 Å². The monoisotopic (exact) mass is 445 g/mol. The average Bonchev–Trinajstić information content (AvgIpc) is 2.24. The van der Waals surface area contributed by atoms with Gasteiger partial charge in [0.2, 0.25) is 0 Å². The third-order valence-electron chi connectivity index (χ3n) is 0.925. The van der Waals surface area contributed by atoms with Crippen molar-refractivity contribution >= 4 is 27.3 Å². The van der Waals surface area contributed by atoms with E-state index in [1.165, 1.54) is 14.8 Å². The second kappa shape index (κ2) is 20.9. The summed E-state index contributed by atoms with van der Waals surface area (Å²) >= 11 is 3.62. The molecule has 0 radical (unpaired) electrons. The van der Waals surface area contributed by atoms with Gasteiger partial charge in [-0.1, -0.05) is 6.16 Å². The number of hydrogen-bond acceptors (Lipinski definition) is 4. The van der Waals surface area contributed by atoms with Gasteiger partial charge in [-0.3, -0.25) is 4.57 Å². The molecule has 0 heterocycles. The molecule has 0 rings (SSSR count). The molecule has 0 aliphatic carbocycles. The molecular weight excluding hydrogens is 433 g/mol. The summed E-state index contributed by atoms with van der Waals surface area (Å²) < 4.78 is 21.1. The van der Waals surface area contributed by atoms with Gasteiger partial charge in [0, 0.05) is 0 Å². The Bertz CT molecular complexity index is 164. The molecule has 0 fully saturated rings. The Morgan fingerprint density at radius 3 is 1.73 bits per heavy atom.